The lowest BCUT2D eigenvalue weighted by molar-refractivity contribution is 0.0390. The van der Waals surface area contributed by atoms with Gasteiger partial charge in [-0.1, -0.05) is 12.8 Å². The van der Waals surface area contributed by atoms with Crippen LogP contribution in [0.1, 0.15) is 62.7 Å². The zero-order valence-corrected chi connectivity index (χ0v) is 16.8. The van der Waals surface area contributed by atoms with Crippen LogP contribution in [-0.4, -0.2) is 49.2 Å². The van der Waals surface area contributed by atoms with Crippen LogP contribution in [0.2, 0.25) is 0 Å². The van der Waals surface area contributed by atoms with Crippen LogP contribution in [0.15, 0.2) is 29.2 Å². The number of fused-ring (bicyclic) bond motifs is 1. The number of hydrogen-bond donors (Lipinski definition) is 0. The third-order valence-electron chi connectivity index (χ3n) is 6.01. The Bertz CT molecular complexity index is 741. The van der Waals surface area contributed by atoms with Crippen molar-refractivity contribution < 1.29 is 13.2 Å². The zero-order chi connectivity index (χ0) is 18.9. The smallest absolute Gasteiger partial charge is 0.254 e. The van der Waals surface area contributed by atoms with E-state index in [1.54, 1.807) is 31.3 Å². The zero-order valence-electron chi connectivity index (χ0n) is 16.0. The SMILES string of the molecule is CC(C)N(C)S(=O)(=O)c1ccc(C(=O)N2CCC[C@@H]3CCCC[C@H]32)cc1. The van der Waals surface area contributed by atoms with Gasteiger partial charge in [-0.2, -0.15) is 4.31 Å². The molecule has 1 saturated heterocycles. The Balaban J connectivity index is 1.79. The summed E-state index contributed by atoms with van der Waals surface area (Å²) in [5.41, 5.74) is 0.586. The molecule has 1 aliphatic heterocycles. The van der Waals surface area contributed by atoms with E-state index in [1.807, 2.05) is 18.7 Å². The van der Waals surface area contributed by atoms with E-state index >= 15 is 0 Å². The highest BCUT2D eigenvalue weighted by Gasteiger charge is 2.36. The van der Waals surface area contributed by atoms with Crippen LogP contribution in [0, 0.1) is 5.92 Å². The number of sulfonamides is 1. The summed E-state index contributed by atoms with van der Waals surface area (Å²) in [6.45, 7) is 4.49. The summed E-state index contributed by atoms with van der Waals surface area (Å²) in [5.74, 6) is 0.684. The normalized spacial score (nSPS) is 24.0. The summed E-state index contributed by atoms with van der Waals surface area (Å²) in [6, 6.07) is 6.69. The first-order valence-corrected chi connectivity index (χ1v) is 11.2. The molecule has 144 valence electrons. The number of carbonyl (C=O) groups is 1. The number of piperidine rings is 1. The van der Waals surface area contributed by atoms with Crippen molar-refractivity contribution in [2.45, 2.75) is 69.4 Å². The lowest BCUT2D eigenvalue weighted by Gasteiger charge is -2.44. The first kappa shape index (κ1) is 19.4. The maximum Gasteiger partial charge on any atom is 0.254 e. The van der Waals surface area contributed by atoms with E-state index in [9.17, 15) is 13.2 Å². The van der Waals surface area contributed by atoms with Crippen molar-refractivity contribution in [1.82, 2.24) is 9.21 Å². The van der Waals surface area contributed by atoms with Gasteiger partial charge < -0.3 is 4.90 Å². The summed E-state index contributed by atoms with van der Waals surface area (Å²) in [6.07, 6.45) is 7.10. The minimum atomic E-state index is -3.52. The number of amides is 1. The molecule has 1 aromatic carbocycles. The fourth-order valence-electron chi connectivity index (χ4n) is 4.26. The topological polar surface area (TPSA) is 57.7 Å². The fraction of sp³-hybridized carbons (Fsp3) is 0.650. The van der Waals surface area contributed by atoms with Crippen molar-refractivity contribution in [1.29, 1.82) is 0 Å². The van der Waals surface area contributed by atoms with Crippen LogP contribution >= 0.6 is 0 Å². The van der Waals surface area contributed by atoms with Crippen molar-refractivity contribution in [2.24, 2.45) is 5.92 Å². The van der Waals surface area contributed by atoms with E-state index < -0.39 is 10.0 Å². The van der Waals surface area contributed by atoms with Crippen LogP contribution in [0.5, 0.6) is 0 Å². The van der Waals surface area contributed by atoms with E-state index in [2.05, 4.69) is 0 Å². The molecule has 1 aliphatic carbocycles. The summed E-state index contributed by atoms with van der Waals surface area (Å²) in [4.78, 5) is 15.3. The number of likely N-dealkylation sites (tertiary alicyclic amines) is 1. The van der Waals surface area contributed by atoms with Crippen molar-refractivity contribution in [3.8, 4) is 0 Å². The molecule has 0 bridgehead atoms. The van der Waals surface area contributed by atoms with Gasteiger partial charge >= 0.3 is 0 Å². The Labute approximate surface area is 157 Å². The van der Waals surface area contributed by atoms with Gasteiger partial charge in [0.15, 0.2) is 0 Å². The average Bonchev–Trinajstić information content (AvgIpc) is 2.66. The molecular formula is C20H30N2O3S. The van der Waals surface area contributed by atoms with Crippen LogP contribution in [0.4, 0.5) is 0 Å². The second-order valence-electron chi connectivity index (χ2n) is 7.89. The molecule has 6 heteroatoms. The number of hydrogen-bond acceptors (Lipinski definition) is 3. The molecule has 5 nitrogen and oxygen atoms in total. The van der Waals surface area contributed by atoms with Gasteiger partial charge in [0.05, 0.1) is 4.90 Å². The van der Waals surface area contributed by atoms with Crippen LogP contribution in [0.25, 0.3) is 0 Å². The van der Waals surface area contributed by atoms with Crippen LogP contribution < -0.4 is 0 Å². The maximum atomic E-state index is 13.0. The fourth-order valence-corrected chi connectivity index (χ4v) is 5.62. The Morgan fingerprint density at radius 1 is 1.08 bits per heavy atom. The summed E-state index contributed by atoms with van der Waals surface area (Å²) < 4.78 is 26.5. The molecular weight excluding hydrogens is 348 g/mol. The molecule has 0 aromatic heterocycles. The third kappa shape index (κ3) is 3.67. The van der Waals surface area contributed by atoms with E-state index in [1.165, 1.54) is 30.0 Å². The molecule has 3 rings (SSSR count). The Hall–Kier alpha value is -1.40. The number of carbonyl (C=O) groups excluding carboxylic acids is 1. The molecule has 0 spiro atoms. The highest BCUT2D eigenvalue weighted by molar-refractivity contribution is 7.89. The predicted molar refractivity (Wildman–Crippen MR) is 103 cm³/mol. The Morgan fingerprint density at radius 2 is 1.69 bits per heavy atom. The van der Waals surface area contributed by atoms with Gasteiger partial charge in [-0.25, -0.2) is 8.42 Å². The van der Waals surface area contributed by atoms with Gasteiger partial charge in [0.1, 0.15) is 0 Å². The Kier molecular flexibility index (Phi) is 5.72. The Morgan fingerprint density at radius 3 is 2.35 bits per heavy atom. The second-order valence-corrected chi connectivity index (χ2v) is 9.89. The molecule has 0 radical (unpaired) electrons. The van der Waals surface area contributed by atoms with E-state index in [4.69, 9.17) is 0 Å². The molecule has 2 fully saturated rings. The van der Waals surface area contributed by atoms with Crippen LogP contribution in [-0.2, 0) is 10.0 Å². The van der Waals surface area contributed by atoms with Crippen molar-refractivity contribution >= 4 is 15.9 Å². The summed E-state index contributed by atoms with van der Waals surface area (Å²) in [7, 11) is -1.94. The van der Waals surface area contributed by atoms with Gasteiger partial charge in [0.2, 0.25) is 10.0 Å². The van der Waals surface area contributed by atoms with Crippen molar-refractivity contribution in [3.63, 3.8) is 0 Å². The largest absolute Gasteiger partial charge is 0.335 e. The molecule has 1 aromatic rings. The molecule has 1 heterocycles. The molecule has 2 aliphatic rings. The number of nitrogens with zero attached hydrogens (tertiary/aromatic N) is 2. The van der Waals surface area contributed by atoms with Crippen molar-refractivity contribution in [3.05, 3.63) is 29.8 Å². The highest BCUT2D eigenvalue weighted by atomic mass is 32.2. The first-order valence-electron chi connectivity index (χ1n) is 9.71. The molecule has 2 atom stereocenters. The number of benzene rings is 1. The molecule has 1 saturated carbocycles. The highest BCUT2D eigenvalue weighted by Crippen LogP contribution is 2.36. The van der Waals surface area contributed by atoms with Gasteiger partial charge in [0, 0.05) is 31.2 Å². The average molecular weight is 379 g/mol. The van der Waals surface area contributed by atoms with E-state index in [-0.39, 0.29) is 16.8 Å². The minimum absolute atomic E-state index is 0.0442. The molecule has 26 heavy (non-hydrogen) atoms. The molecule has 1 amide bonds. The lowest BCUT2D eigenvalue weighted by atomic mass is 9.78. The maximum absolute atomic E-state index is 13.0. The van der Waals surface area contributed by atoms with Crippen LogP contribution in [0.3, 0.4) is 0 Å². The van der Waals surface area contributed by atoms with E-state index in [0.717, 1.165) is 19.4 Å². The summed E-state index contributed by atoms with van der Waals surface area (Å²) in [5, 5.41) is 0. The quantitative estimate of drug-likeness (QED) is 0.806. The molecule has 0 N–H and O–H groups in total. The van der Waals surface area contributed by atoms with Gasteiger partial charge in [-0.3, -0.25) is 4.79 Å². The van der Waals surface area contributed by atoms with Gasteiger partial charge in [-0.05, 0) is 69.7 Å². The predicted octanol–water partition coefficient (Wildman–Crippen LogP) is 3.51. The van der Waals surface area contributed by atoms with E-state index in [0.29, 0.717) is 17.5 Å². The monoisotopic (exact) mass is 378 g/mol. The third-order valence-corrected chi connectivity index (χ3v) is 8.06. The summed E-state index contributed by atoms with van der Waals surface area (Å²) >= 11 is 0. The first-order chi connectivity index (χ1) is 12.3. The van der Waals surface area contributed by atoms with Crippen molar-refractivity contribution in [2.75, 3.05) is 13.6 Å². The second kappa shape index (κ2) is 7.69. The molecule has 0 unspecified atom stereocenters. The minimum Gasteiger partial charge on any atom is -0.335 e. The van der Waals surface area contributed by atoms with Gasteiger partial charge in [0.25, 0.3) is 5.91 Å². The number of rotatable bonds is 4. The standard InChI is InChI=1S/C20H30N2O3S/c1-15(2)21(3)26(24,25)18-12-10-17(11-13-18)20(23)22-14-6-8-16-7-4-5-9-19(16)22/h10-13,15-16,19H,4-9,14H2,1-3H3/t16-,19+/m0/s1. The van der Waals surface area contributed by atoms with Gasteiger partial charge in [-0.15, -0.1) is 0 Å². The lowest BCUT2D eigenvalue weighted by Crippen LogP contribution is -2.49.